The fourth-order valence-electron chi connectivity index (χ4n) is 3.41. The van der Waals surface area contributed by atoms with Crippen molar-refractivity contribution >= 4 is 17.2 Å². The van der Waals surface area contributed by atoms with E-state index in [1.165, 1.54) is 18.2 Å². The molecule has 9 heteroatoms. The van der Waals surface area contributed by atoms with Crippen molar-refractivity contribution in [2.75, 3.05) is 13.2 Å². The van der Waals surface area contributed by atoms with E-state index in [0.717, 1.165) is 29.1 Å². The van der Waals surface area contributed by atoms with Gasteiger partial charge >= 0.3 is 0 Å². The van der Waals surface area contributed by atoms with E-state index in [2.05, 4.69) is 18.8 Å². The first kappa shape index (κ1) is 25.6. The lowest BCUT2D eigenvalue weighted by Crippen LogP contribution is -2.20. The summed E-state index contributed by atoms with van der Waals surface area (Å²) in [6.07, 6.45) is 2.34. The van der Waals surface area contributed by atoms with Crippen LogP contribution in [0.4, 0.5) is 8.78 Å². The highest BCUT2D eigenvalue weighted by molar-refractivity contribution is 7.12. The molecular weight excluding hydrogens is 460 g/mol. The number of amidine groups is 1. The van der Waals surface area contributed by atoms with Gasteiger partial charge in [-0.1, -0.05) is 13.8 Å². The van der Waals surface area contributed by atoms with Gasteiger partial charge in [-0.15, -0.1) is 11.3 Å². The van der Waals surface area contributed by atoms with Crippen molar-refractivity contribution in [1.29, 1.82) is 5.41 Å². The molecule has 0 amide bonds. The van der Waals surface area contributed by atoms with Gasteiger partial charge in [-0.3, -0.25) is 16.1 Å². The Morgan fingerprint density at radius 1 is 1.03 bits per heavy atom. The Bertz CT molecular complexity index is 1130. The van der Waals surface area contributed by atoms with Gasteiger partial charge in [0, 0.05) is 22.6 Å². The molecule has 1 heterocycles. The largest absolute Gasteiger partial charge is 0.493 e. The molecule has 3 rings (SSSR count). The zero-order valence-electron chi connectivity index (χ0n) is 19.5. The van der Waals surface area contributed by atoms with Crippen molar-refractivity contribution in [2.24, 2.45) is 0 Å². The molecule has 0 saturated heterocycles. The van der Waals surface area contributed by atoms with E-state index in [1.54, 1.807) is 35.0 Å². The van der Waals surface area contributed by atoms with Gasteiger partial charge in [0.25, 0.3) is 0 Å². The van der Waals surface area contributed by atoms with Crippen molar-refractivity contribution in [2.45, 2.75) is 46.0 Å². The molecule has 0 aliphatic heterocycles. The SMILES string of the molecule is Cc1nc(-c2ccc(OCCCCCOc3ccc(C(=N)NO)c(F)c3)cc2F)c(C(C)C)s1. The lowest BCUT2D eigenvalue weighted by molar-refractivity contribution is 0.233. The van der Waals surface area contributed by atoms with Gasteiger partial charge in [-0.2, -0.15) is 0 Å². The summed E-state index contributed by atoms with van der Waals surface area (Å²) in [5.41, 5.74) is 2.77. The van der Waals surface area contributed by atoms with Crippen LogP contribution in [0.1, 0.15) is 54.5 Å². The zero-order valence-corrected chi connectivity index (χ0v) is 20.3. The van der Waals surface area contributed by atoms with Crippen molar-refractivity contribution in [3.63, 3.8) is 0 Å². The van der Waals surface area contributed by atoms with Gasteiger partial charge in [0.1, 0.15) is 23.1 Å². The molecule has 0 unspecified atom stereocenters. The fraction of sp³-hybridized carbons (Fsp3) is 0.360. The van der Waals surface area contributed by atoms with E-state index < -0.39 is 11.7 Å². The average Bonchev–Trinajstić information content (AvgIpc) is 3.19. The molecule has 34 heavy (non-hydrogen) atoms. The van der Waals surface area contributed by atoms with Crippen molar-refractivity contribution in [3.05, 3.63) is 63.5 Å². The van der Waals surface area contributed by atoms with Gasteiger partial charge < -0.3 is 9.47 Å². The topological polar surface area (TPSA) is 87.5 Å². The molecule has 0 aliphatic rings. The Labute approximate surface area is 202 Å². The summed E-state index contributed by atoms with van der Waals surface area (Å²) in [5.74, 6) is -0.305. The average molecular weight is 490 g/mol. The highest BCUT2D eigenvalue weighted by atomic mass is 32.1. The molecule has 1 aromatic heterocycles. The van der Waals surface area contributed by atoms with Gasteiger partial charge in [0.2, 0.25) is 0 Å². The normalized spacial score (nSPS) is 11.0. The molecule has 3 N–H and O–H groups in total. The second kappa shape index (κ2) is 11.9. The van der Waals surface area contributed by atoms with Crippen molar-refractivity contribution < 1.29 is 23.5 Å². The molecule has 2 aromatic carbocycles. The van der Waals surface area contributed by atoms with Crippen LogP contribution in [0.25, 0.3) is 11.3 Å². The molecule has 6 nitrogen and oxygen atoms in total. The minimum absolute atomic E-state index is 0.0430. The number of ether oxygens (including phenoxy) is 2. The number of hydroxylamine groups is 1. The van der Waals surface area contributed by atoms with Crippen LogP contribution in [0, 0.1) is 24.0 Å². The van der Waals surface area contributed by atoms with E-state index in [9.17, 15) is 8.78 Å². The summed E-state index contributed by atoms with van der Waals surface area (Å²) in [4.78, 5) is 5.60. The third kappa shape index (κ3) is 6.51. The number of hydrogen-bond donors (Lipinski definition) is 3. The Hall–Kier alpha value is -3.04. The van der Waals surface area contributed by atoms with E-state index in [4.69, 9.17) is 20.1 Å². The molecule has 0 atom stereocenters. The van der Waals surface area contributed by atoms with Crippen molar-refractivity contribution in [1.82, 2.24) is 10.5 Å². The van der Waals surface area contributed by atoms with Gasteiger partial charge in [-0.25, -0.2) is 13.8 Å². The molecule has 0 bridgehead atoms. The molecule has 0 fully saturated rings. The molecule has 0 aliphatic carbocycles. The second-order valence-electron chi connectivity index (χ2n) is 8.13. The lowest BCUT2D eigenvalue weighted by atomic mass is 10.0. The number of aromatic nitrogens is 1. The summed E-state index contributed by atoms with van der Waals surface area (Å²) in [5, 5.41) is 17.0. The smallest absolute Gasteiger partial charge is 0.152 e. The number of hydrogen-bond acceptors (Lipinski definition) is 6. The van der Waals surface area contributed by atoms with Crippen LogP contribution in [0.5, 0.6) is 11.5 Å². The Morgan fingerprint density at radius 2 is 1.65 bits per heavy atom. The van der Waals surface area contributed by atoms with Crippen LogP contribution in [-0.2, 0) is 0 Å². The third-order valence-corrected chi connectivity index (χ3v) is 6.40. The minimum Gasteiger partial charge on any atom is -0.493 e. The zero-order chi connectivity index (χ0) is 24.7. The minimum atomic E-state index is -0.652. The van der Waals surface area contributed by atoms with Crippen LogP contribution in [-0.4, -0.2) is 29.2 Å². The number of aryl methyl sites for hydroxylation is 1. The number of nitrogens with one attached hydrogen (secondary N) is 2. The Morgan fingerprint density at radius 3 is 2.21 bits per heavy atom. The summed E-state index contributed by atoms with van der Waals surface area (Å²) < 4.78 is 39.9. The first-order valence-electron chi connectivity index (χ1n) is 11.1. The number of unbranched alkanes of at least 4 members (excludes halogenated alkanes) is 2. The van der Waals surface area contributed by atoms with E-state index in [0.29, 0.717) is 36.0 Å². The lowest BCUT2D eigenvalue weighted by Gasteiger charge is -2.10. The first-order chi connectivity index (χ1) is 16.3. The van der Waals surface area contributed by atoms with Gasteiger partial charge in [0.05, 0.1) is 29.5 Å². The van der Waals surface area contributed by atoms with Crippen LogP contribution in [0.15, 0.2) is 36.4 Å². The number of rotatable bonds is 11. The van der Waals surface area contributed by atoms with Gasteiger partial charge in [-0.05, 0) is 56.4 Å². The monoisotopic (exact) mass is 489 g/mol. The highest BCUT2D eigenvalue weighted by Crippen LogP contribution is 2.35. The van der Waals surface area contributed by atoms with Crippen LogP contribution in [0.3, 0.4) is 0 Å². The van der Waals surface area contributed by atoms with Crippen LogP contribution < -0.4 is 15.0 Å². The maximum atomic E-state index is 14.8. The summed E-state index contributed by atoms with van der Waals surface area (Å²) in [6.45, 7) is 6.94. The standard InChI is InChI=1S/C25H29F2N3O3S/c1-15(2)24-23(29-16(3)34-24)19-9-7-17(13-21(19)26)32-11-5-4-6-12-33-18-8-10-20(22(27)14-18)25(28)30-31/h7-10,13-15,31H,4-6,11-12H2,1-3H3,(H2,28,30). The Balaban J connectivity index is 1.41. The number of nitrogens with zero attached hydrogens (tertiary/aromatic N) is 1. The second-order valence-corrected chi connectivity index (χ2v) is 9.36. The summed E-state index contributed by atoms with van der Waals surface area (Å²) in [6, 6.07) is 8.99. The molecule has 0 spiro atoms. The maximum absolute atomic E-state index is 14.8. The maximum Gasteiger partial charge on any atom is 0.152 e. The number of benzene rings is 2. The van der Waals surface area contributed by atoms with Crippen LogP contribution in [0.2, 0.25) is 0 Å². The molecule has 0 saturated carbocycles. The van der Waals surface area contributed by atoms with Crippen molar-refractivity contribution in [3.8, 4) is 22.8 Å². The predicted molar refractivity (Wildman–Crippen MR) is 129 cm³/mol. The third-order valence-electron chi connectivity index (χ3n) is 5.13. The molecule has 3 aromatic rings. The molecular formula is C25H29F2N3O3S. The van der Waals surface area contributed by atoms with Gasteiger partial charge in [0.15, 0.2) is 5.84 Å². The summed E-state index contributed by atoms with van der Waals surface area (Å²) in [7, 11) is 0. The molecule has 0 radical (unpaired) electrons. The number of halogens is 2. The fourth-order valence-corrected chi connectivity index (χ4v) is 4.36. The van der Waals surface area contributed by atoms with E-state index in [-0.39, 0.29) is 17.3 Å². The van der Waals surface area contributed by atoms with E-state index >= 15 is 0 Å². The number of thiazole rings is 1. The Kier molecular flexibility index (Phi) is 8.95. The summed E-state index contributed by atoms with van der Waals surface area (Å²) >= 11 is 1.60. The van der Waals surface area contributed by atoms with E-state index in [1.807, 2.05) is 6.92 Å². The quantitative estimate of drug-likeness (QED) is 0.125. The highest BCUT2D eigenvalue weighted by Gasteiger charge is 2.17. The molecule has 182 valence electrons. The predicted octanol–water partition coefficient (Wildman–Crippen LogP) is 6.45. The van der Waals surface area contributed by atoms with Crippen LogP contribution >= 0.6 is 11.3 Å². The first-order valence-corrected chi connectivity index (χ1v) is 11.9.